The lowest BCUT2D eigenvalue weighted by atomic mass is 9.97. The number of para-hydroxylation sites is 1. The molecule has 4 N–H and O–H groups in total. The second-order valence-electron chi connectivity index (χ2n) is 9.61. The molecule has 0 bridgehead atoms. The molecular formula is C31H25F3N6O3S. The summed E-state index contributed by atoms with van der Waals surface area (Å²) < 4.78 is 33.5. The van der Waals surface area contributed by atoms with E-state index in [1.54, 1.807) is 10.1 Å². The number of benzene rings is 3. The number of hydrogen-bond donors (Lipinski definition) is 3. The number of alkyl halides is 3. The molecule has 0 aliphatic carbocycles. The number of thiazole rings is 1. The maximum absolute atomic E-state index is 14.3. The van der Waals surface area contributed by atoms with Crippen LogP contribution in [0.4, 0.5) is 19.0 Å². The Morgan fingerprint density at radius 3 is 2.39 bits per heavy atom. The lowest BCUT2D eigenvalue weighted by Crippen LogP contribution is -2.26. The van der Waals surface area contributed by atoms with Gasteiger partial charge in [-0.25, -0.2) is 19.7 Å². The van der Waals surface area contributed by atoms with Crippen LogP contribution >= 0.6 is 11.3 Å². The van der Waals surface area contributed by atoms with Crippen LogP contribution in [0, 0.1) is 0 Å². The number of carbonyl (C=O) groups is 1. The number of hydrogen-bond acceptors (Lipinski definition) is 8. The van der Waals surface area contributed by atoms with Crippen molar-refractivity contribution in [3.8, 4) is 16.8 Å². The highest BCUT2D eigenvalue weighted by molar-refractivity contribution is 7.16. The number of fused-ring (bicyclic) bond motifs is 2. The SMILES string of the molecule is C[C@H](Nc1ncnc2scnc12)c1cc2cccc(-c3ccc(CN)cc3)c2c(=O)n1-c1ccccc1.O=C(O)C(F)(F)F. The molecule has 0 fully saturated rings. The van der Waals surface area contributed by atoms with E-state index in [2.05, 4.69) is 26.3 Å². The van der Waals surface area contributed by atoms with Gasteiger partial charge in [0, 0.05) is 17.9 Å². The number of rotatable bonds is 6. The van der Waals surface area contributed by atoms with E-state index in [0.29, 0.717) is 17.7 Å². The van der Waals surface area contributed by atoms with Gasteiger partial charge in [0.1, 0.15) is 16.7 Å². The van der Waals surface area contributed by atoms with Gasteiger partial charge in [0.2, 0.25) is 0 Å². The van der Waals surface area contributed by atoms with Gasteiger partial charge in [-0.1, -0.05) is 60.7 Å². The minimum absolute atomic E-state index is 0.0765. The number of carboxylic acids is 1. The van der Waals surface area contributed by atoms with Crippen LogP contribution in [-0.2, 0) is 11.3 Å². The summed E-state index contributed by atoms with van der Waals surface area (Å²) in [6.45, 7) is 2.50. The minimum Gasteiger partial charge on any atom is -0.475 e. The topological polar surface area (TPSA) is 136 Å². The first-order valence-corrected chi connectivity index (χ1v) is 14.1. The van der Waals surface area contributed by atoms with Crippen LogP contribution in [0.25, 0.3) is 37.9 Å². The number of halogens is 3. The summed E-state index contributed by atoms with van der Waals surface area (Å²) in [5.74, 6) is -2.12. The van der Waals surface area contributed by atoms with E-state index < -0.39 is 12.1 Å². The molecule has 13 heteroatoms. The molecule has 0 aliphatic rings. The van der Waals surface area contributed by atoms with Crippen molar-refractivity contribution in [3.63, 3.8) is 0 Å². The van der Waals surface area contributed by atoms with E-state index in [1.165, 1.54) is 17.7 Å². The van der Waals surface area contributed by atoms with Crippen molar-refractivity contribution < 1.29 is 23.1 Å². The van der Waals surface area contributed by atoms with Gasteiger partial charge in [-0.3, -0.25) is 9.36 Å². The van der Waals surface area contributed by atoms with Crippen molar-refractivity contribution in [2.75, 3.05) is 5.32 Å². The molecule has 9 nitrogen and oxygen atoms in total. The van der Waals surface area contributed by atoms with Crippen LogP contribution < -0.4 is 16.6 Å². The Bertz CT molecular complexity index is 1990. The molecule has 6 rings (SSSR count). The Morgan fingerprint density at radius 2 is 1.73 bits per heavy atom. The van der Waals surface area contributed by atoms with Crippen LogP contribution in [0.15, 0.2) is 95.5 Å². The van der Waals surface area contributed by atoms with Crippen molar-refractivity contribution in [1.82, 2.24) is 19.5 Å². The fraction of sp³-hybridized carbons (Fsp3) is 0.129. The number of pyridine rings is 1. The highest BCUT2D eigenvalue weighted by Crippen LogP contribution is 2.31. The van der Waals surface area contributed by atoms with E-state index in [1.807, 2.05) is 79.7 Å². The molecule has 0 unspecified atom stereocenters. The molecule has 1 atom stereocenters. The third kappa shape index (κ3) is 6.28. The van der Waals surface area contributed by atoms with Gasteiger partial charge in [-0.05, 0) is 47.2 Å². The predicted octanol–water partition coefficient (Wildman–Crippen LogP) is 6.32. The molecule has 44 heavy (non-hydrogen) atoms. The van der Waals surface area contributed by atoms with Crippen LogP contribution in [0.1, 0.15) is 24.2 Å². The molecule has 0 aliphatic heterocycles. The number of carboxylic acid groups (broad SMARTS) is 1. The Labute approximate surface area is 252 Å². The predicted molar refractivity (Wildman–Crippen MR) is 164 cm³/mol. The Morgan fingerprint density at radius 1 is 1.02 bits per heavy atom. The number of nitrogens with zero attached hydrogens (tertiary/aromatic N) is 4. The second-order valence-corrected chi connectivity index (χ2v) is 10.4. The van der Waals surface area contributed by atoms with Crippen LogP contribution in [0.2, 0.25) is 0 Å². The van der Waals surface area contributed by atoms with Gasteiger partial charge in [0.05, 0.1) is 16.9 Å². The van der Waals surface area contributed by atoms with Crippen molar-refractivity contribution in [1.29, 1.82) is 0 Å². The van der Waals surface area contributed by atoms with Gasteiger partial charge in [0.25, 0.3) is 5.56 Å². The summed E-state index contributed by atoms with van der Waals surface area (Å²) in [5, 5.41) is 12.1. The fourth-order valence-corrected chi connectivity index (χ4v) is 5.31. The highest BCUT2D eigenvalue weighted by Gasteiger charge is 2.38. The number of aliphatic carboxylic acids is 1. The maximum atomic E-state index is 14.3. The fourth-order valence-electron chi connectivity index (χ4n) is 4.68. The van der Waals surface area contributed by atoms with Gasteiger partial charge < -0.3 is 16.2 Å². The summed E-state index contributed by atoms with van der Waals surface area (Å²) in [5.41, 5.74) is 12.7. The first-order chi connectivity index (χ1) is 21.1. The standard InChI is InChI=1S/C29H24N6OS.C2HF3O2/c1-18(34-27-26-28(32-16-31-27)37-17-33-26)24-14-21-6-5-9-23(20-12-10-19(15-30)11-13-20)25(21)29(36)35(24)22-7-3-2-4-8-22;3-2(4,5)1(6)7/h2-14,16-18H,15,30H2,1H3,(H,31,32,34);(H,6,7)/t18-;/m0./s1. The van der Waals surface area contributed by atoms with Gasteiger partial charge in [-0.15, -0.1) is 11.3 Å². The molecule has 0 spiro atoms. The average molecular weight is 619 g/mol. The molecular weight excluding hydrogens is 593 g/mol. The lowest BCUT2D eigenvalue weighted by molar-refractivity contribution is -0.192. The van der Waals surface area contributed by atoms with E-state index in [0.717, 1.165) is 43.8 Å². The van der Waals surface area contributed by atoms with E-state index >= 15 is 0 Å². The van der Waals surface area contributed by atoms with Crippen molar-refractivity contribution in [2.24, 2.45) is 5.73 Å². The molecule has 0 amide bonds. The zero-order valence-electron chi connectivity index (χ0n) is 23.1. The molecule has 3 aromatic carbocycles. The van der Waals surface area contributed by atoms with Crippen molar-refractivity contribution in [3.05, 3.63) is 112 Å². The zero-order chi connectivity index (χ0) is 31.4. The lowest BCUT2D eigenvalue weighted by Gasteiger charge is -2.22. The van der Waals surface area contributed by atoms with Crippen molar-refractivity contribution >= 4 is 44.2 Å². The average Bonchev–Trinajstić information content (AvgIpc) is 3.51. The molecule has 3 aromatic heterocycles. The van der Waals surface area contributed by atoms with E-state index in [4.69, 9.17) is 15.6 Å². The van der Waals surface area contributed by atoms with Crippen LogP contribution in [0.5, 0.6) is 0 Å². The van der Waals surface area contributed by atoms with Crippen molar-refractivity contribution in [2.45, 2.75) is 25.7 Å². The smallest absolute Gasteiger partial charge is 0.475 e. The van der Waals surface area contributed by atoms with Gasteiger partial charge >= 0.3 is 12.1 Å². The van der Waals surface area contributed by atoms with E-state index in [-0.39, 0.29) is 11.6 Å². The van der Waals surface area contributed by atoms with Crippen LogP contribution in [-0.4, -0.2) is 36.8 Å². The Hall–Kier alpha value is -5.14. The van der Waals surface area contributed by atoms with E-state index in [9.17, 15) is 18.0 Å². The molecule has 3 heterocycles. The molecule has 0 radical (unpaired) electrons. The summed E-state index contributed by atoms with van der Waals surface area (Å²) in [4.78, 5) is 37.1. The monoisotopic (exact) mass is 618 g/mol. The number of nitrogens with two attached hydrogens (primary N) is 1. The quantitative estimate of drug-likeness (QED) is 0.197. The number of anilines is 1. The Kier molecular flexibility index (Phi) is 8.69. The minimum atomic E-state index is -5.08. The largest absolute Gasteiger partial charge is 0.490 e. The van der Waals surface area contributed by atoms with Crippen LogP contribution in [0.3, 0.4) is 0 Å². The molecule has 0 saturated heterocycles. The third-order valence-electron chi connectivity index (χ3n) is 6.76. The first-order valence-electron chi connectivity index (χ1n) is 13.2. The first kappa shape index (κ1) is 30.3. The maximum Gasteiger partial charge on any atom is 0.490 e. The molecule has 6 aromatic rings. The molecule has 224 valence electrons. The molecule has 0 saturated carbocycles. The zero-order valence-corrected chi connectivity index (χ0v) is 23.9. The Balaban J connectivity index is 0.000000493. The third-order valence-corrected chi connectivity index (χ3v) is 7.50. The summed E-state index contributed by atoms with van der Waals surface area (Å²) >= 11 is 1.47. The number of nitrogens with one attached hydrogen (secondary N) is 1. The second kappa shape index (κ2) is 12.6. The highest BCUT2D eigenvalue weighted by atomic mass is 32.1. The van der Waals surface area contributed by atoms with Gasteiger partial charge in [-0.2, -0.15) is 13.2 Å². The summed E-state index contributed by atoms with van der Waals surface area (Å²) in [6, 6.07) is 25.6. The summed E-state index contributed by atoms with van der Waals surface area (Å²) in [7, 11) is 0. The summed E-state index contributed by atoms with van der Waals surface area (Å²) in [6.07, 6.45) is -3.55. The number of aromatic nitrogens is 4. The normalized spacial score (nSPS) is 12.0. The van der Waals surface area contributed by atoms with Gasteiger partial charge in [0.15, 0.2) is 5.82 Å².